The van der Waals surface area contributed by atoms with Crippen LogP contribution in [0.2, 0.25) is 0 Å². The van der Waals surface area contributed by atoms with Crippen molar-refractivity contribution in [3.8, 4) is 0 Å². The number of carbonyl (C=O) groups excluding carboxylic acids is 2. The SMILES string of the molecule is CO[C@@H]1O[C@H](CO)[C@@H](O[C@@H]2O[C@H](CO)[C@H](O)[C@H](n3cc(C(=O)Nc4cccc5ccccc45)nn3)[C@H]2O)[C@H](O)[C@H]1NC(C)=O. The lowest BCUT2D eigenvalue weighted by atomic mass is 9.94. The zero-order chi connectivity index (χ0) is 31.5. The molecule has 2 saturated heterocycles. The van der Waals surface area contributed by atoms with Crippen LogP contribution in [0.4, 0.5) is 5.69 Å². The largest absolute Gasteiger partial charge is 0.394 e. The molecular formula is C28H35N5O11. The van der Waals surface area contributed by atoms with E-state index in [0.717, 1.165) is 15.5 Å². The number of methoxy groups -OCH3 is 1. The number of fused-ring (bicyclic) bond motifs is 1. The van der Waals surface area contributed by atoms with E-state index in [9.17, 15) is 35.1 Å². The minimum atomic E-state index is -1.69. The van der Waals surface area contributed by atoms with Crippen LogP contribution < -0.4 is 10.6 Å². The third kappa shape index (κ3) is 6.30. The molecule has 3 aromatic rings. The molecule has 3 heterocycles. The van der Waals surface area contributed by atoms with Crippen LogP contribution in [0.5, 0.6) is 0 Å². The van der Waals surface area contributed by atoms with Crippen LogP contribution >= 0.6 is 0 Å². The van der Waals surface area contributed by atoms with E-state index in [4.69, 9.17) is 18.9 Å². The van der Waals surface area contributed by atoms with Crippen molar-refractivity contribution in [1.82, 2.24) is 20.3 Å². The van der Waals surface area contributed by atoms with Gasteiger partial charge in [-0.25, -0.2) is 4.68 Å². The number of anilines is 1. The molecule has 1 aromatic heterocycles. The fraction of sp³-hybridized carbons (Fsp3) is 0.500. The van der Waals surface area contributed by atoms with Gasteiger partial charge in [0, 0.05) is 25.1 Å². The summed E-state index contributed by atoms with van der Waals surface area (Å²) in [6.07, 6.45) is -10.1. The summed E-state index contributed by atoms with van der Waals surface area (Å²) in [5, 5.41) is 68.1. The minimum Gasteiger partial charge on any atom is -0.394 e. The number of amides is 2. The quantitative estimate of drug-likeness (QED) is 0.142. The average Bonchev–Trinajstić information content (AvgIpc) is 3.50. The molecule has 44 heavy (non-hydrogen) atoms. The Morgan fingerprint density at radius 3 is 2.36 bits per heavy atom. The molecule has 10 atom stereocenters. The van der Waals surface area contributed by atoms with Crippen molar-refractivity contribution in [2.45, 2.75) is 68.2 Å². The second kappa shape index (κ2) is 13.6. The van der Waals surface area contributed by atoms with Gasteiger partial charge in [0.05, 0.1) is 19.4 Å². The van der Waals surface area contributed by atoms with Gasteiger partial charge in [0.15, 0.2) is 18.3 Å². The first-order valence-corrected chi connectivity index (χ1v) is 13.9. The number of rotatable bonds is 9. The number of nitrogens with one attached hydrogen (secondary N) is 2. The molecule has 2 aromatic carbocycles. The van der Waals surface area contributed by atoms with Crippen LogP contribution in [0.1, 0.15) is 23.5 Å². The van der Waals surface area contributed by atoms with Gasteiger partial charge in [-0.15, -0.1) is 5.10 Å². The first-order valence-electron chi connectivity index (χ1n) is 13.9. The van der Waals surface area contributed by atoms with E-state index in [1.54, 1.807) is 12.1 Å². The van der Waals surface area contributed by atoms with Crippen molar-refractivity contribution >= 4 is 28.3 Å². The van der Waals surface area contributed by atoms with E-state index in [0.29, 0.717) is 5.69 Å². The third-order valence-electron chi connectivity index (χ3n) is 7.68. The number of aromatic nitrogens is 3. The van der Waals surface area contributed by atoms with Gasteiger partial charge in [-0.05, 0) is 11.5 Å². The maximum absolute atomic E-state index is 13.1. The van der Waals surface area contributed by atoms with E-state index >= 15 is 0 Å². The van der Waals surface area contributed by atoms with Crippen molar-refractivity contribution in [2.75, 3.05) is 25.6 Å². The Morgan fingerprint density at radius 1 is 0.955 bits per heavy atom. The molecule has 2 aliphatic rings. The summed E-state index contributed by atoms with van der Waals surface area (Å²) >= 11 is 0. The van der Waals surface area contributed by atoms with E-state index in [2.05, 4.69) is 20.9 Å². The van der Waals surface area contributed by atoms with Gasteiger partial charge >= 0.3 is 0 Å². The molecule has 0 saturated carbocycles. The fourth-order valence-electron chi connectivity index (χ4n) is 5.52. The standard InChI is InChI=1S/C28H35N5O11/c1-13(36)29-20-23(38)25(19(12-35)43-27(20)41-2)44-28-24(39)21(22(37)18(11-34)42-28)33-10-17(31-32-33)26(40)30-16-9-5-7-14-6-3-4-8-15(14)16/h3-10,18-25,27-28,34-35,37-39H,11-12H2,1-2H3,(H,29,36)(H,30,40)/t18-,19-,20-,21+,22+,23-,24-,25-,27-,28+/m1/s1. The highest BCUT2D eigenvalue weighted by Gasteiger charge is 2.52. The normalized spacial score (nSPS) is 32.3. The van der Waals surface area contributed by atoms with Crippen LogP contribution in [-0.2, 0) is 23.7 Å². The highest BCUT2D eigenvalue weighted by atomic mass is 16.7. The number of hydrogen-bond donors (Lipinski definition) is 7. The number of carbonyl (C=O) groups is 2. The van der Waals surface area contributed by atoms with E-state index in [1.165, 1.54) is 20.2 Å². The number of benzene rings is 2. The number of nitrogens with zero attached hydrogens (tertiary/aromatic N) is 3. The highest BCUT2D eigenvalue weighted by Crippen LogP contribution is 2.34. The van der Waals surface area contributed by atoms with Crippen molar-refractivity contribution in [3.05, 3.63) is 54.4 Å². The average molecular weight is 618 g/mol. The maximum Gasteiger partial charge on any atom is 0.277 e. The van der Waals surface area contributed by atoms with Gasteiger partial charge in [0.1, 0.15) is 48.7 Å². The molecule has 0 bridgehead atoms. The molecule has 2 aliphatic heterocycles. The monoisotopic (exact) mass is 617 g/mol. The van der Waals surface area contributed by atoms with Crippen molar-refractivity contribution < 1.29 is 54.1 Å². The van der Waals surface area contributed by atoms with Gasteiger partial charge < -0.3 is 55.1 Å². The molecular weight excluding hydrogens is 582 g/mol. The molecule has 2 amide bonds. The maximum atomic E-state index is 13.1. The van der Waals surface area contributed by atoms with Crippen LogP contribution in [0, 0.1) is 0 Å². The zero-order valence-electron chi connectivity index (χ0n) is 23.8. The molecule has 7 N–H and O–H groups in total. The second-order valence-corrected chi connectivity index (χ2v) is 10.5. The van der Waals surface area contributed by atoms with Crippen molar-refractivity contribution in [2.24, 2.45) is 0 Å². The zero-order valence-corrected chi connectivity index (χ0v) is 23.8. The molecule has 0 aliphatic carbocycles. The second-order valence-electron chi connectivity index (χ2n) is 10.5. The van der Waals surface area contributed by atoms with Gasteiger partial charge in [-0.2, -0.15) is 0 Å². The molecule has 238 valence electrons. The van der Waals surface area contributed by atoms with Crippen LogP contribution in [0.25, 0.3) is 10.8 Å². The Morgan fingerprint density at radius 2 is 1.66 bits per heavy atom. The van der Waals surface area contributed by atoms with Gasteiger partial charge in [0.25, 0.3) is 5.91 Å². The molecule has 16 nitrogen and oxygen atoms in total. The summed E-state index contributed by atoms with van der Waals surface area (Å²) in [7, 11) is 1.29. The minimum absolute atomic E-state index is 0.123. The molecule has 0 radical (unpaired) electrons. The summed E-state index contributed by atoms with van der Waals surface area (Å²) in [4.78, 5) is 24.8. The summed E-state index contributed by atoms with van der Waals surface area (Å²) < 4.78 is 23.5. The molecule has 0 unspecified atom stereocenters. The Balaban J connectivity index is 1.36. The highest BCUT2D eigenvalue weighted by molar-refractivity contribution is 6.08. The van der Waals surface area contributed by atoms with Gasteiger partial charge in [-0.3, -0.25) is 9.59 Å². The summed E-state index contributed by atoms with van der Waals surface area (Å²) in [5.74, 6) is -1.09. The fourth-order valence-corrected chi connectivity index (χ4v) is 5.52. The smallest absolute Gasteiger partial charge is 0.277 e. The van der Waals surface area contributed by atoms with Crippen LogP contribution in [0.15, 0.2) is 48.7 Å². The predicted molar refractivity (Wildman–Crippen MR) is 150 cm³/mol. The van der Waals surface area contributed by atoms with E-state index < -0.39 is 86.3 Å². The van der Waals surface area contributed by atoms with Crippen LogP contribution in [-0.4, -0.2) is 128 Å². The number of ether oxygens (including phenoxy) is 4. The Bertz CT molecular complexity index is 1450. The summed E-state index contributed by atoms with van der Waals surface area (Å²) in [6.45, 7) is -0.0976. The number of hydrogen-bond acceptors (Lipinski definition) is 13. The lowest BCUT2D eigenvalue weighted by Crippen LogP contribution is -2.67. The summed E-state index contributed by atoms with van der Waals surface area (Å²) in [5.41, 5.74) is 0.421. The lowest BCUT2D eigenvalue weighted by molar-refractivity contribution is -0.340. The Hall–Kier alpha value is -3.58. The first-order chi connectivity index (χ1) is 21.2. The molecule has 5 rings (SSSR count). The molecule has 16 heteroatoms. The Labute approximate surface area is 251 Å². The van der Waals surface area contributed by atoms with Crippen molar-refractivity contribution in [3.63, 3.8) is 0 Å². The molecule has 2 fully saturated rings. The predicted octanol–water partition coefficient (Wildman–Crippen LogP) is -1.72. The third-order valence-corrected chi connectivity index (χ3v) is 7.68. The van der Waals surface area contributed by atoms with Crippen LogP contribution in [0.3, 0.4) is 0 Å². The first kappa shape index (κ1) is 31.8. The van der Waals surface area contributed by atoms with E-state index in [1.807, 2.05) is 30.3 Å². The molecule has 0 spiro atoms. The van der Waals surface area contributed by atoms with Gasteiger partial charge in [0.2, 0.25) is 5.91 Å². The van der Waals surface area contributed by atoms with E-state index in [-0.39, 0.29) is 5.69 Å². The summed E-state index contributed by atoms with van der Waals surface area (Å²) in [6, 6.07) is 10.5. The number of aliphatic hydroxyl groups is 5. The van der Waals surface area contributed by atoms with Gasteiger partial charge in [-0.1, -0.05) is 41.6 Å². The lowest BCUT2D eigenvalue weighted by Gasteiger charge is -2.47. The number of aliphatic hydroxyl groups excluding tert-OH is 5. The topological polar surface area (TPSA) is 227 Å². The Kier molecular flexibility index (Phi) is 9.84. The van der Waals surface area contributed by atoms with Crippen molar-refractivity contribution in [1.29, 1.82) is 0 Å².